The van der Waals surface area contributed by atoms with E-state index in [0.29, 0.717) is 0 Å². The number of amides is 1. The zero-order chi connectivity index (χ0) is 13.8. The first-order valence-electron chi connectivity index (χ1n) is 7.22. The fourth-order valence-electron chi connectivity index (χ4n) is 2.91. The number of rotatable bonds is 4. The van der Waals surface area contributed by atoms with Gasteiger partial charge in [-0.2, -0.15) is 0 Å². The molecule has 0 saturated carbocycles. The van der Waals surface area contributed by atoms with Gasteiger partial charge in [0.25, 0.3) is 0 Å². The van der Waals surface area contributed by atoms with Gasteiger partial charge in [0.15, 0.2) is 0 Å². The molecule has 0 bridgehead atoms. The lowest BCUT2D eigenvalue weighted by molar-refractivity contribution is -0.122. The van der Waals surface area contributed by atoms with Gasteiger partial charge in [-0.25, -0.2) is 0 Å². The van der Waals surface area contributed by atoms with Gasteiger partial charge in [0.1, 0.15) is 0 Å². The number of benzene rings is 1. The molecule has 104 valence electrons. The third-order valence-corrected chi connectivity index (χ3v) is 4.87. The fraction of sp³-hybridized carbons (Fsp3) is 0.353. The summed E-state index contributed by atoms with van der Waals surface area (Å²) < 4.78 is 0. The maximum atomic E-state index is 12.4. The molecule has 1 N–H and O–H groups in total. The van der Waals surface area contributed by atoms with E-state index in [-0.39, 0.29) is 11.8 Å². The minimum atomic E-state index is 0.0447. The van der Waals surface area contributed by atoms with Crippen LogP contribution < -0.4 is 5.32 Å². The first-order chi connectivity index (χ1) is 9.84. The Kier molecular flexibility index (Phi) is 4.16. The number of nitrogens with one attached hydrogen (secondary N) is 1. The van der Waals surface area contributed by atoms with Gasteiger partial charge in [-0.15, -0.1) is 11.3 Å². The molecule has 0 saturated heterocycles. The molecule has 1 aliphatic carbocycles. The van der Waals surface area contributed by atoms with Crippen LogP contribution in [-0.2, 0) is 17.6 Å². The lowest BCUT2D eigenvalue weighted by Gasteiger charge is -2.24. The Hall–Kier alpha value is -1.61. The van der Waals surface area contributed by atoms with Gasteiger partial charge in [-0.05, 0) is 48.3 Å². The number of fused-ring (bicyclic) bond motifs is 1. The Bertz CT molecular complexity index is 576. The van der Waals surface area contributed by atoms with Crippen LogP contribution in [0.4, 0.5) is 0 Å². The molecule has 2 nitrogen and oxygen atoms in total. The molecule has 1 aromatic carbocycles. The minimum absolute atomic E-state index is 0.0447. The molecular weight excluding hydrogens is 266 g/mol. The standard InChI is InChI=1S/C17H19NOS/c19-17(18-11-10-14-7-4-12-20-14)16-9-3-6-13-5-1-2-8-15(13)16/h1-2,4-5,7-8,12,16H,3,6,9-11H2,(H,18,19). The summed E-state index contributed by atoms with van der Waals surface area (Å²) in [7, 11) is 0. The van der Waals surface area contributed by atoms with E-state index in [1.54, 1.807) is 11.3 Å². The molecule has 1 amide bonds. The molecule has 3 rings (SSSR count). The van der Waals surface area contributed by atoms with E-state index in [0.717, 1.165) is 32.2 Å². The van der Waals surface area contributed by atoms with Crippen LogP contribution in [0.2, 0.25) is 0 Å². The SMILES string of the molecule is O=C(NCCc1cccs1)C1CCCc2ccccc21. The molecule has 3 heteroatoms. The predicted molar refractivity (Wildman–Crippen MR) is 83.2 cm³/mol. The Morgan fingerprint density at radius 2 is 2.15 bits per heavy atom. The second-order valence-corrected chi connectivity index (χ2v) is 6.30. The average Bonchev–Trinajstić information content (AvgIpc) is 3.00. The number of hydrogen-bond acceptors (Lipinski definition) is 2. The second kappa shape index (κ2) is 6.23. The van der Waals surface area contributed by atoms with E-state index >= 15 is 0 Å². The van der Waals surface area contributed by atoms with Crippen LogP contribution in [0.25, 0.3) is 0 Å². The molecule has 1 aliphatic rings. The van der Waals surface area contributed by atoms with Crippen molar-refractivity contribution in [2.45, 2.75) is 31.6 Å². The van der Waals surface area contributed by atoms with E-state index in [2.05, 4.69) is 41.0 Å². The van der Waals surface area contributed by atoms with Crippen molar-refractivity contribution in [2.24, 2.45) is 0 Å². The first kappa shape index (κ1) is 13.4. The molecule has 0 fully saturated rings. The molecule has 1 atom stereocenters. The van der Waals surface area contributed by atoms with Crippen LogP contribution in [0.15, 0.2) is 41.8 Å². The fourth-order valence-corrected chi connectivity index (χ4v) is 3.62. The zero-order valence-electron chi connectivity index (χ0n) is 11.5. The van der Waals surface area contributed by atoms with Crippen LogP contribution in [0.1, 0.15) is 34.8 Å². The lowest BCUT2D eigenvalue weighted by atomic mass is 9.82. The highest BCUT2D eigenvalue weighted by Gasteiger charge is 2.25. The molecule has 1 aromatic heterocycles. The summed E-state index contributed by atoms with van der Waals surface area (Å²) in [5, 5.41) is 5.18. The van der Waals surface area contributed by atoms with Crippen molar-refractivity contribution >= 4 is 17.2 Å². The van der Waals surface area contributed by atoms with Crippen molar-refractivity contribution in [3.63, 3.8) is 0 Å². The molecule has 1 heterocycles. The third kappa shape index (κ3) is 2.93. The van der Waals surface area contributed by atoms with Gasteiger partial charge in [0, 0.05) is 11.4 Å². The van der Waals surface area contributed by atoms with Crippen molar-refractivity contribution < 1.29 is 4.79 Å². The molecule has 0 aliphatic heterocycles. The van der Waals surface area contributed by atoms with E-state index < -0.39 is 0 Å². The molecular formula is C17H19NOS. The van der Waals surface area contributed by atoms with E-state index in [1.807, 2.05) is 6.07 Å². The Morgan fingerprint density at radius 1 is 1.25 bits per heavy atom. The highest BCUT2D eigenvalue weighted by molar-refractivity contribution is 7.09. The lowest BCUT2D eigenvalue weighted by Crippen LogP contribution is -2.32. The summed E-state index contributed by atoms with van der Waals surface area (Å²) in [4.78, 5) is 13.7. The van der Waals surface area contributed by atoms with E-state index in [1.165, 1.54) is 16.0 Å². The predicted octanol–water partition coefficient (Wildman–Crippen LogP) is 3.53. The van der Waals surface area contributed by atoms with Crippen molar-refractivity contribution in [1.82, 2.24) is 5.32 Å². The number of carbonyl (C=O) groups is 1. The highest BCUT2D eigenvalue weighted by Crippen LogP contribution is 2.31. The van der Waals surface area contributed by atoms with E-state index in [4.69, 9.17) is 0 Å². The van der Waals surface area contributed by atoms with Crippen LogP contribution in [0.5, 0.6) is 0 Å². The summed E-state index contributed by atoms with van der Waals surface area (Å²) in [5.74, 6) is 0.233. The van der Waals surface area contributed by atoms with Gasteiger partial charge in [0.05, 0.1) is 5.92 Å². The maximum Gasteiger partial charge on any atom is 0.227 e. The summed E-state index contributed by atoms with van der Waals surface area (Å²) >= 11 is 1.75. The topological polar surface area (TPSA) is 29.1 Å². The van der Waals surface area contributed by atoms with Crippen LogP contribution in [0.3, 0.4) is 0 Å². The molecule has 2 aromatic rings. The van der Waals surface area contributed by atoms with Crippen molar-refractivity contribution in [2.75, 3.05) is 6.54 Å². The summed E-state index contributed by atoms with van der Waals surface area (Å²) in [6.45, 7) is 0.734. The Morgan fingerprint density at radius 3 is 3.00 bits per heavy atom. The van der Waals surface area contributed by atoms with E-state index in [9.17, 15) is 4.79 Å². The van der Waals surface area contributed by atoms with Crippen molar-refractivity contribution in [3.05, 3.63) is 57.8 Å². The summed E-state index contributed by atoms with van der Waals surface area (Å²) in [6.07, 6.45) is 4.12. The molecule has 0 spiro atoms. The molecule has 20 heavy (non-hydrogen) atoms. The summed E-state index contributed by atoms with van der Waals surface area (Å²) in [5.41, 5.74) is 2.57. The minimum Gasteiger partial charge on any atom is -0.355 e. The molecule has 0 radical (unpaired) electrons. The number of carbonyl (C=O) groups excluding carboxylic acids is 1. The van der Waals surface area contributed by atoms with Gasteiger partial charge in [-0.3, -0.25) is 4.79 Å². The zero-order valence-corrected chi connectivity index (χ0v) is 12.3. The smallest absolute Gasteiger partial charge is 0.227 e. The maximum absolute atomic E-state index is 12.4. The van der Waals surface area contributed by atoms with Gasteiger partial charge >= 0.3 is 0 Å². The normalized spacial score (nSPS) is 17.5. The second-order valence-electron chi connectivity index (χ2n) is 5.26. The Balaban J connectivity index is 1.60. The van der Waals surface area contributed by atoms with Crippen LogP contribution in [-0.4, -0.2) is 12.5 Å². The molecule has 1 unspecified atom stereocenters. The largest absolute Gasteiger partial charge is 0.355 e. The van der Waals surface area contributed by atoms with Gasteiger partial charge in [0.2, 0.25) is 5.91 Å². The van der Waals surface area contributed by atoms with Crippen LogP contribution >= 0.6 is 11.3 Å². The Labute approximate surface area is 123 Å². The third-order valence-electron chi connectivity index (χ3n) is 3.94. The van der Waals surface area contributed by atoms with Crippen molar-refractivity contribution in [3.8, 4) is 0 Å². The average molecular weight is 285 g/mol. The highest BCUT2D eigenvalue weighted by atomic mass is 32.1. The first-order valence-corrected chi connectivity index (χ1v) is 8.10. The van der Waals surface area contributed by atoms with Gasteiger partial charge in [-0.1, -0.05) is 30.3 Å². The monoisotopic (exact) mass is 285 g/mol. The summed E-state index contributed by atoms with van der Waals surface area (Å²) in [6, 6.07) is 12.5. The van der Waals surface area contributed by atoms with Crippen molar-refractivity contribution in [1.29, 1.82) is 0 Å². The van der Waals surface area contributed by atoms with Gasteiger partial charge < -0.3 is 5.32 Å². The number of thiophene rings is 1. The quantitative estimate of drug-likeness (QED) is 0.915. The number of hydrogen-bond donors (Lipinski definition) is 1. The number of aryl methyl sites for hydroxylation is 1. The van der Waals surface area contributed by atoms with Crippen LogP contribution in [0, 0.1) is 0 Å².